The summed E-state index contributed by atoms with van der Waals surface area (Å²) >= 11 is 0. The Morgan fingerprint density at radius 3 is 2.88 bits per heavy atom. The Balaban J connectivity index is 2.23. The molecule has 0 aliphatic carbocycles. The summed E-state index contributed by atoms with van der Waals surface area (Å²) < 4.78 is 4.96. The molecule has 0 aromatic rings. The summed E-state index contributed by atoms with van der Waals surface area (Å²) in [5.41, 5.74) is 0. The van der Waals surface area contributed by atoms with Gasteiger partial charge in [-0.15, -0.1) is 0 Å². The number of likely N-dealkylation sites (tertiary alicyclic amines) is 1. The predicted octanol–water partition coefficient (Wildman–Crippen LogP) is 0.704. The van der Waals surface area contributed by atoms with Crippen molar-refractivity contribution in [2.75, 3.05) is 39.9 Å². The first-order valence-electron chi connectivity index (χ1n) is 6.74. The van der Waals surface area contributed by atoms with Gasteiger partial charge in [0.25, 0.3) is 0 Å². The van der Waals surface area contributed by atoms with Crippen molar-refractivity contribution in [1.29, 1.82) is 0 Å². The van der Waals surface area contributed by atoms with Gasteiger partial charge in [-0.2, -0.15) is 0 Å². The molecular weight excluding hydrogens is 216 g/mol. The molecular formula is C13H28N2O2. The number of aliphatic hydroxyl groups is 1. The number of ether oxygens (including phenoxy) is 1. The summed E-state index contributed by atoms with van der Waals surface area (Å²) in [5, 5.41) is 13.2. The fourth-order valence-corrected chi connectivity index (χ4v) is 2.43. The highest BCUT2D eigenvalue weighted by atomic mass is 16.5. The maximum absolute atomic E-state index is 9.72. The van der Waals surface area contributed by atoms with E-state index in [1.165, 1.54) is 12.8 Å². The summed E-state index contributed by atoms with van der Waals surface area (Å²) in [6.07, 6.45) is 2.19. The quantitative estimate of drug-likeness (QED) is 0.692. The molecule has 4 nitrogen and oxygen atoms in total. The van der Waals surface area contributed by atoms with E-state index in [9.17, 15) is 5.11 Å². The first-order chi connectivity index (χ1) is 8.11. The molecule has 1 fully saturated rings. The van der Waals surface area contributed by atoms with E-state index in [2.05, 4.69) is 24.1 Å². The zero-order valence-electron chi connectivity index (χ0n) is 11.5. The number of hydrogen-bond donors (Lipinski definition) is 2. The molecule has 1 aliphatic rings. The normalized spacial score (nSPS) is 24.2. The second-order valence-electron chi connectivity index (χ2n) is 5.44. The molecule has 0 aromatic heterocycles. The molecule has 4 heteroatoms. The number of piperidine rings is 1. The van der Waals surface area contributed by atoms with Crippen molar-refractivity contribution in [1.82, 2.24) is 10.2 Å². The van der Waals surface area contributed by atoms with E-state index in [0.29, 0.717) is 12.6 Å². The minimum absolute atomic E-state index is 0.350. The van der Waals surface area contributed by atoms with E-state index in [1.54, 1.807) is 7.11 Å². The minimum Gasteiger partial charge on any atom is -0.389 e. The molecule has 0 saturated carbocycles. The summed E-state index contributed by atoms with van der Waals surface area (Å²) in [4.78, 5) is 2.36. The van der Waals surface area contributed by atoms with Crippen LogP contribution in [0.1, 0.15) is 26.7 Å². The fourth-order valence-electron chi connectivity index (χ4n) is 2.43. The van der Waals surface area contributed by atoms with Gasteiger partial charge in [-0.05, 0) is 31.8 Å². The van der Waals surface area contributed by atoms with Crippen LogP contribution in [0.4, 0.5) is 0 Å². The summed E-state index contributed by atoms with van der Waals surface area (Å²) in [7, 11) is 1.63. The van der Waals surface area contributed by atoms with Crippen molar-refractivity contribution in [3.05, 3.63) is 0 Å². The molecule has 0 spiro atoms. The van der Waals surface area contributed by atoms with Crippen molar-refractivity contribution in [3.8, 4) is 0 Å². The number of nitrogens with zero attached hydrogens (tertiary/aromatic N) is 1. The zero-order chi connectivity index (χ0) is 12.7. The number of rotatable bonds is 7. The Morgan fingerprint density at radius 2 is 2.24 bits per heavy atom. The maximum atomic E-state index is 9.72. The van der Waals surface area contributed by atoms with Gasteiger partial charge in [-0.25, -0.2) is 0 Å². The van der Waals surface area contributed by atoms with Crippen LogP contribution in [-0.2, 0) is 4.74 Å². The van der Waals surface area contributed by atoms with Gasteiger partial charge in [0.15, 0.2) is 0 Å². The van der Waals surface area contributed by atoms with Gasteiger partial charge in [0.05, 0.1) is 12.7 Å². The standard InChI is InChI=1S/C13H28N2O2/c1-11(2)14-7-12-5-4-6-15(8-12)9-13(16)10-17-3/h11-14,16H,4-10H2,1-3H3. The zero-order valence-corrected chi connectivity index (χ0v) is 11.5. The predicted molar refractivity (Wildman–Crippen MR) is 70.2 cm³/mol. The van der Waals surface area contributed by atoms with Crippen LogP contribution in [0, 0.1) is 5.92 Å². The highest BCUT2D eigenvalue weighted by Crippen LogP contribution is 2.16. The first-order valence-corrected chi connectivity index (χ1v) is 6.74. The van der Waals surface area contributed by atoms with E-state index >= 15 is 0 Å². The summed E-state index contributed by atoms with van der Waals surface area (Å²) in [5.74, 6) is 0.723. The molecule has 0 aromatic carbocycles. The van der Waals surface area contributed by atoms with Crippen molar-refractivity contribution >= 4 is 0 Å². The lowest BCUT2D eigenvalue weighted by Gasteiger charge is -2.34. The van der Waals surface area contributed by atoms with Gasteiger partial charge in [-0.3, -0.25) is 0 Å². The van der Waals surface area contributed by atoms with Crippen LogP contribution < -0.4 is 5.32 Å². The number of aliphatic hydroxyl groups excluding tert-OH is 1. The van der Waals surface area contributed by atoms with E-state index < -0.39 is 0 Å². The number of hydrogen-bond acceptors (Lipinski definition) is 4. The Labute approximate surface area is 105 Å². The summed E-state index contributed by atoms with van der Waals surface area (Å²) in [6, 6.07) is 0.560. The molecule has 1 heterocycles. The fraction of sp³-hybridized carbons (Fsp3) is 1.00. The average molecular weight is 244 g/mol. The molecule has 0 radical (unpaired) electrons. The van der Waals surface area contributed by atoms with Gasteiger partial charge in [0.2, 0.25) is 0 Å². The van der Waals surface area contributed by atoms with Crippen molar-refractivity contribution in [2.24, 2.45) is 5.92 Å². The van der Waals surface area contributed by atoms with Crippen molar-refractivity contribution < 1.29 is 9.84 Å². The largest absolute Gasteiger partial charge is 0.389 e. The Kier molecular flexibility index (Phi) is 7.04. The first kappa shape index (κ1) is 14.9. The highest BCUT2D eigenvalue weighted by molar-refractivity contribution is 4.76. The monoisotopic (exact) mass is 244 g/mol. The molecule has 1 aliphatic heterocycles. The Hall–Kier alpha value is -0.160. The van der Waals surface area contributed by atoms with E-state index in [1.807, 2.05) is 0 Å². The number of β-amino-alcohol motifs (C(OH)–C–C–N with tert-alkyl or cyclic N) is 1. The SMILES string of the molecule is COCC(O)CN1CCCC(CNC(C)C)C1. The molecule has 2 unspecified atom stereocenters. The van der Waals surface area contributed by atoms with Crippen LogP contribution in [0.2, 0.25) is 0 Å². The smallest absolute Gasteiger partial charge is 0.0900 e. The lowest BCUT2D eigenvalue weighted by Crippen LogP contribution is -2.44. The van der Waals surface area contributed by atoms with Crippen LogP contribution in [-0.4, -0.2) is 62.0 Å². The minimum atomic E-state index is -0.350. The number of nitrogens with one attached hydrogen (secondary N) is 1. The summed E-state index contributed by atoms with van der Waals surface area (Å²) in [6.45, 7) is 8.84. The van der Waals surface area contributed by atoms with Gasteiger partial charge in [-0.1, -0.05) is 13.8 Å². The third kappa shape index (κ3) is 6.36. The van der Waals surface area contributed by atoms with Gasteiger partial charge >= 0.3 is 0 Å². The molecule has 0 bridgehead atoms. The van der Waals surface area contributed by atoms with Crippen LogP contribution in [0.3, 0.4) is 0 Å². The van der Waals surface area contributed by atoms with Gasteiger partial charge in [0, 0.05) is 26.2 Å². The van der Waals surface area contributed by atoms with Crippen LogP contribution in [0.15, 0.2) is 0 Å². The number of methoxy groups -OCH3 is 1. The Bertz CT molecular complexity index is 200. The lowest BCUT2D eigenvalue weighted by atomic mass is 9.97. The molecule has 1 rings (SSSR count). The maximum Gasteiger partial charge on any atom is 0.0900 e. The van der Waals surface area contributed by atoms with E-state index in [4.69, 9.17) is 4.74 Å². The van der Waals surface area contributed by atoms with Crippen LogP contribution in [0.25, 0.3) is 0 Å². The molecule has 2 atom stereocenters. The molecule has 1 saturated heterocycles. The van der Waals surface area contributed by atoms with E-state index in [0.717, 1.165) is 32.1 Å². The Morgan fingerprint density at radius 1 is 1.47 bits per heavy atom. The molecule has 17 heavy (non-hydrogen) atoms. The molecule has 2 N–H and O–H groups in total. The average Bonchev–Trinajstić information content (AvgIpc) is 2.27. The second kappa shape index (κ2) is 8.03. The van der Waals surface area contributed by atoms with Crippen LogP contribution >= 0.6 is 0 Å². The highest BCUT2D eigenvalue weighted by Gasteiger charge is 2.21. The third-order valence-corrected chi connectivity index (χ3v) is 3.25. The van der Waals surface area contributed by atoms with Crippen molar-refractivity contribution in [3.63, 3.8) is 0 Å². The lowest BCUT2D eigenvalue weighted by molar-refractivity contribution is 0.0270. The molecule has 0 amide bonds. The van der Waals surface area contributed by atoms with Crippen LogP contribution in [0.5, 0.6) is 0 Å². The van der Waals surface area contributed by atoms with Gasteiger partial charge in [0.1, 0.15) is 0 Å². The topological polar surface area (TPSA) is 44.7 Å². The van der Waals surface area contributed by atoms with Crippen molar-refractivity contribution in [2.45, 2.75) is 38.8 Å². The van der Waals surface area contributed by atoms with Gasteiger partial charge < -0.3 is 20.1 Å². The third-order valence-electron chi connectivity index (χ3n) is 3.25. The molecule has 102 valence electrons. The van der Waals surface area contributed by atoms with E-state index in [-0.39, 0.29) is 6.10 Å². The second-order valence-corrected chi connectivity index (χ2v) is 5.44.